The Balaban J connectivity index is 1.67. The van der Waals surface area contributed by atoms with Crippen LogP contribution in [0.5, 0.6) is 0 Å². The van der Waals surface area contributed by atoms with Crippen LogP contribution >= 0.6 is 0 Å². The third-order valence-electron chi connectivity index (χ3n) is 5.55. The van der Waals surface area contributed by atoms with Crippen LogP contribution < -0.4 is 4.90 Å². The van der Waals surface area contributed by atoms with Gasteiger partial charge < -0.3 is 10.0 Å². The molecule has 0 unspecified atom stereocenters. The van der Waals surface area contributed by atoms with Gasteiger partial charge >= 0.3 is 5.97 Å². The third kappa shape index (κ3) is 6.85. The molecule has 1 heterocycles. The van der Waals surface area contributed by atoms with Crippen molar-refractivity contribution in [3.8, 4) is 0 Å². The molecule has 7 nitrogen and oxygen atoms in total. The van der Waals surface area contributed by atoms with E-state index >= 15 is 0 Å². The second-order valence-electron chi connectivity index (χ2n) is 8.58. The van der Waals surface area contributed by atoms with Gasteiger partial charge in [0.2, 0.25) is 0 Å². The molecule has 0 atom stereocenters. The zero-order valence-corrected chi connectivity index (χ0v) is 18.7. The molecule has 0 amide bonds. The van der Waals surface area contributed by atoms with Gasteiger partial charge in [-0.05, 0) is 55.8 Å². The van der Waals surface area contributed by atoms with Crippen molar-refractivity contribution in [1.82, 2.24) is 14.9 Å². The average molecular weight is 425 g/mol. The van der Waals surface area contributed by atoms with Crippen LogP contribution in [0.15, 0.2) is 30.6 Å². The fourth-order valence-electron chi connectivity index (χ4n) is 3.77. The van der Waals surface area contributed by atoms with E-state index in [1.165, 1.54) is 19.2 Å². The Morgan fingerprint density at radius 1 is 1.19 bits per heavy atom. The number of aromatic nitrogens is 2. The molecule has 166 valence electrons. The van der Waals surface area contributed by atoms with Gasteiger partial charge in [0.05, 0.1) is 6.54 Å². The molecule has 1 aromatic heterocycles. The third-order valence-corrected chi connectivity index (χ3v) is 5.55. The van der Waals surface area contributed by atoms with Gasteiger partial charge in [-0.2, -0.15) is 0 Å². The Labute approximate surface area is 184 Å². The number of carboxylic acid groups (broad SMARTS) is 1. The minimum absolute atomic E-state index is 0.00880. The van der Waals surface area contributed by atoms with Crippen molar-refractivity contribution in [3.63, 3.8) is 0 Å². The summed E-state index contributed by atoms with van der Waals surface area (Å²) >= 11 is 0. The number of carbonyl (C=O) groups is 2. The first-order chi connectivity index (χ1) is 14.9. The first kappa shape index (κ1) is 22.9. The fourth-order valence-corrected chi connectivity index (χ4v) is 3.77. The molecular formula is C24H32N4O3. The fraction of sp³-hybridized carbons (Fsp3) is 0.500. The molecule has 0 aliphatic heterocycles. The van der Waals surface area contributed by atoms with E-state index in [1.807, 2.05) is 31.2 Å². The highest BCUT2D eigenvalue weighted by Crippen LogP contribution is 2.31. The van der Waals surface area contributed by atoms with Gasteiger partial charge in [-0.1, -0.05) is 25.1 Å². The van der Waals surface area contributed by atoms with Gasteiger partial charge in [0.25, 0.3) is 0 Å². The summed E-state index contributed by atoms with van der Waals surface area (Å²) in [6, 6.07) is 7.75. The Bertz CT molecular complexity index is 927. The van der Waals surface area contributed by atoms with Crippen molar-refractivity contribution in [2.75, 3.05) is 31.6 Å². The maximum absolute atomic E-state index is 12.9. The highest BCUT2D eigenvalue weighted by atomic mass is 16.4. The van der Waals surface area contributed by atoms with Crippen LogP contribution in [0.1, 0.15) is 53.4 Å². The second kappa shape index (κ2) is 10.5. The quantitative estimate of drug-likeness (QED) is 0.523. The van der Waals surface area contributed by atoms with E-state index < -0.39 is 5.97 Å². The largest absolute Gasteiger partial charge is 0.480 e. The molecule has 2 aromatic rings. The number of carboxylic acids is 1. The standard InChI is InChI=1S/C24H32N4O3/c1-4-9-28(14-18-5-6-18)23-12-21(25-16-26-23)22(29)11-20-8-7-19(10-17(20)2)13-27(3)15-24(30)31/h7-8,10,12,16,18H,4-6,9,11,13-15H2,1-3H3,(H,30,31). The molecule has 1 aliphatic carbocycles. The summed E-state index contributed by atoms with van der Waals surface area (Å²) < 4.78 is 0. The van der Waals surface area contributed by atoms with E-state index in [2.05, 4.69) is 21.8 Å². The Morgan fingerprint density at radius 3 is 2.61 bits per heavy atom. The first-order valence-electron chi connectivity index (χ1n) is 10.9. The molecule has 0 radical (unpaired) electrons. The highest BCUT2D eigenvalue weighted by molar-refractivity contribution is 5.96. The van der Waals surface area contributed by atoms with Gasteiger partial charge in [-0.25, -0.2) is 9.97 Å². The number of ketones is 1. The van der Waals surface area contributed by atoms with E-state index in [1.54, 1.807) is 11.9 Å². The number of anilines is 1. The molecule has 7 heteroatoms. The van der Waals surface area contributed by atoms with E-state index in [4.69, 9.17) is 5.11 Å². The zero-order valence-electron chi connectivity index (χ0n) is 18.7. The van der Waals surface area contributed by atoms with Crippen LogP contribution in [0.3, 0.4) is 0 Å². The molecule has 1 fully saturated rings. The normalized spacial score (nSPS) is 13.4. The molecule has 31 heavy (non-hydrogen) atoms. The molecule has 1 saturated carbocycles. The molecule has 1 aromatic carbocycles. The van der Waals surface area contributed by atoms with Gasteiger partial charge in [-0.15, -0.1) is 0 Å². The SMILES string of the molecule is CCCN(CC1CC1)c1cc(C(=O)Cc2ccc(CN(C)CC(=O)O)cc2C)ncn1. The lowest BCUT2D eigenvalue weighted by atomic mass is 9.99. The predicted octanol–water partition coefficient (Wildman–Crippen LogP) is 3.35. The zero-order chi connectivity index (χ0) is 22.4. The van der Waals surface area contributed by atoms with E-state index in [-0.39, 0.29) is 18.7 Å². The molecule has 1 aliphatic rings. The van der Waals surface area contributed by atoms with Crippen molar-refractivity contribution >= 4 is 17.6 Å². The van der Waals surface area contributed by atoms with Crippen LogP contribution in [0.25, 0.3) is 0 Å². The summed E-state index contributed by atoms with van der Waals surface area (Å²) in [5.41, 5.74) is 3.45. The van der Waals surface area contributed by atoms with Crippen LogP contribution in [-0.4, -0.2) is 58.4 Å². The number of hydrogen-bond donors (Lipinski definition) is 1. The van der Waals surface area contributed by atoms with E-state index in [9.17, 15) is 9.59 Å². The molecule has 0 spiro atoms. The van der Waals surface area contributed by atoms with Gasteiger partial charge in [0.1, 0.15) is 17.8 Å². The maximum atomic E-state index is 12.9. The summed E-state index contributed by atoms with van der Waals surface area (Å²) in [6.45, 7) is 6.59. The Morgan fingerprint density at radius 2 is 1.97 bits per heavy atom. The number of aliphatic carboxylic acids is 1. The topological polar surface area (TPSA) is 86.6 Å². The number of rotatable bonds is 12. The van der Waals surface area contributed by atoms with Gasteiger partial charge in [0, 0.05) is 32.1 Å². The van der Waals surface area contributed by atoms with Crippen LogP contribution in [-0.2, 0) is 17.8 Å². The summed E-state index contributed by atoms with van der Waals surface area (Å²) in [7, 11) is 1.78. The van der Waals surface area contributed by atoms with Crippen LogP contribution in [0.2, 0.25) is 0 Å². The summed E-state index contributed by atoms with van der Waals surface area (Å²) in [5.74, 6) is 0.711. The molecule has 3 rings (SSSR count). The molecular weight excluding hydrogens is 392 g/mol. The van der Waals surface area contributed by atoms with Gasteiger partial charge in [0.15, 0.2) is 5.78 Å². The Hall–Kier alpha value is -2.80. The number of nitrogens with zero attached hydrogens (tertiary/aromatic N) is 4. The lowest BCUT2D eigenvalue weighted by Gasteiger charge is -2.23. The second-order valence-corrected chi connectivity index (χ2v) is 8.58. The lowest BCUT2D eigenvalue weighted by Crippen LogP contribution is -2.27. The smallest absolute Gasteiger partial charge is 0.317 e. The summed E-state index contributed by atoms with van der Waals surface area (Å²) in [6.07, 6.45) is 5.36. The molecule has 1 N–H and O–H groups in total. The van der Waals surface area contributed by atoms with E-state index in [0.717, 1.165) is 47.9 Å². The van der Waals surface area contributed by atoms with E-state index in [0.29, 0.717) is 12.2 Å². The van der Waals surface area contributed by atoms with Crippen molar-refractivity contribution in [2.45, 2.75) is 46.1 Å². The van der Waals surface area contributed by atoms with Crippen molar-refractivity contribution < 1.29 is 14.7 Å². The monoisotopic (exact) mass is 424 g/mol. The lowest BCUT2D eigenvalue weighted by molar-refractivity contribution is -0.138. The van der Waals surface area contributed by atoms with Crippen molar-refractivity contribution in [1.29, 1.82) is 0 Å². The maximum Gasteiger partial charge on any atom is 0.317 e. The van der Waals surface area contributed by atoms with Gasteiger partial charge in [-0.3, -0.25) is 14.5 Å². The van der Waals surface area contributed by atoms with Crippen molar-refractivity contribution in [2.24, 2.45) is 5.92 Å². The predicted molar refractivity (Wildman–Crippen MR) is 120 cm³/mol. The minimum atomic E-state index is -0.847. The van der Waals surface area contributed by atoms with Crippen LogP contribution in [0, 0.1) is 12.8 Å². The van der Waals surface area contributed by atoms with Crippen LogP contribution in [0.4, 0.5) is 5.82 Å². The molecule has 0 bridgehead atoms. The number of benzene rings is 1. The number of Topliss-reactive ketones (excluding diaryl/α,β-unsaturated/α-hetero) is 1. The highest BCUT2D eigenvalue weighted by Gasteiger charge is 2.25. The minimum Gasteiger partial charge on any atom is -0.480 e. The van der Waals surface area contributed by atoms with Crippen molar-refractivity contribution in [3.05, 3.63) is 53.0 Å². The molecule has 0 saturated heterocycles. The summed E-state index contributed by atoms with van der Waals surface area (Å²) in [4.78, 5) is 36.4. The number of carbonyl (C=O) groups excluding carboxylic acids is 1. The number of aryl methyl sites for hydroxylation is 1. The number of likely N-dealkylation sites (N-methyl/N-ethyl adjacent to an activating group) is 1. The summed E-state index contributed by atoms with van der Waals surface area (Å²) in [5, 5.41) is 8.90. The number of hydrogen-bond acceptors (Lipinski definition) is 6. The Kier molecular flexibility index (Phi) is 7.74. The first-order valence-corrected chi connectivity index (χ1v) is 10.9. The average Bonchev–Trinajstić information content (AvgIpc) is 3.53.